The number of likely N-dealkylation sites (tertiary alicyclic amines) is 1. The van der Waals surface area contributed by atoms with E-state index in [0.29, 0.717) is 17.9 Å². The minimum absolute atomic E-state index is 0.0502. The van der Waals surface area contributed by atoms with Gasteiger partial charge in [-0.15, -0.1) is 0 Å². The fourth-order valence-corrected chi connectivity index (χ4v) is 4.25. The normalized spacial score (nSPS) is 20.6. The number of halogens is 1. The molecule has 162 valence electrons. The van der Waals surface area contributed by atoms with Gasteiger partial charge in [-0.1, -0.05) is 12.1 Å². The SMILES string of the molecule is COc1cccc(CC2CCCN2C(=O)C2=NN(c3ccc(F)cc3)C(C(N)=O)C2)c1. The minimum atomic E-state index is -0.774. The monoisotopic (exact) mass is 424 g/mol. The van der Waals surface area contributed by atoms with Crippen LogP contribution in [0.3, 0.4) is 0 Å². The molecule has 2 aliphatic rings. The topological polar surface area (TPSA) is 88.2 Å². The van der Waals surface area contributed by atoms with Crippen molar-refractivity contribution in [1.82, 2.24) is 4.90 Å². The van der Waals surface area contributed by atoms with E-state index < -0.39 is 17.8 Å². The Kier molecular flexibility index (Phi) is 5.88. The second kappa shape index (κ2) is 8.75. The third kappa shape index (κ3) is 4.38. The van der Waals surface area contributed by atoms with Crippen LogP contribution in [-0.4, -0.2) is 48.2 Å². The number of hydrogen-bond donors (Lipinski definition) is 1. The second-order valence-corrected chi connectivity index (χ2v) is 7.84. The summed E-state index contributed by atoms with van der Waals surface area (Å²) in [5.74, 6) is -0.365. The number of carbonyl (C=O) groups excluding carboxylic acids is 2. The van der Waals surface area contributed by atoms with E-state index in [0.717, 1.165) is 30.6 Å². The maximum Gasteiger partial charge on any atom is 0.270 e. The van der Waals surface area contributed by atoms with Gasteiger partial charge in [0.2, 0.25) is 5.91 Å². The van der Waals surface area contributed by atoms with E-state index in [9.17, 15) is 14.0 Å². The molecule has 7 nitrogen and oxygen atoms in total. The number of ether oxygens (including phenoxy) is 1. The number of amides is 2. The first-order chi connectivity index (χ1) is 15.0. The molecule has 2 atom stereocenters. The first-order valence-electron chi connectivity index (χ1n) is 10.3. The summed E-state index contributed by atoms with van der Waals surface area (Å²) >= 11 is 0. The maximum absolute atomic E-state index is 13.3. The predicted octanol–water partition coefficient (Wildman–Crippen LogP) is 2.49. The van der Waals surface area contributed by atoms with Gasteiger partial charge < -0.3 is 15.4 Å². The average Bonchev–Trinajstić information content (AvgIpc) is 3.41. The molecule has 2 N–H and O–H groups in total. The second-order valence-electron chi connectivity index (χ2n) is 7.84. The molecule has 2 unspecified atom stereocenters. The number of nitrogens with two attached hydrogens (primary N) is 1. The summed E-state index contributed by atoms with van der Waals surface area (Å²) in [6, 6.07) is 12.7. The number of carbonyl (C=O) groups is 2. The molecule has 2 heterocycles. The molecule has 0 spiro atoms. The number of nitrogens with zero attached hydrogens (tertiary/aromatic N) is 3. The highest BCUT2D eigenvalue weighted by molar-refractivity contribution is 6.40. The van der Waals surface area contributed by atoms with Crippen LogP contribution in [0.2, 0.25) is 0 Å². The summed E-state index contributed by atoms with van der Waals surface area (Å²) in [6.07, 6.45) is 2.66. The van der Waals surface area contributed by atoms with Crippen LogP contribution in [0.15, 0.2) is 53.6 Å². The van der Waals surface area contributed by atoms with E-state index in [1.807, 2.05) is 29.2 Å². The number of rotatable bonds is 6. The van der Waals surface area contributed by atoms with Crippen molar-refractivity contribution in [2.45, 2.75) is 37.8 Å². The third-order valence-electron chi connectivity index (χ3n) is 5.82. The highest BCUT2D eigenvalue weighted by Crippen LogP contribution is 2.28. The standard InChI is InChI=1S/C23H25FN4O3/c1-31-19-6-2-4-15(13-19)12-18-5-3-11-27(18)23(30)20-14-21(22(25)29)28(26-20)17-9-7-16(24)8-10-17/h2,4,6-10,13,18,21H,3,5,11-12,14H2,1H3,(H2,25,29). The van der Waals surface area contributed by atoms with E-state index in [2.05, 4.69) is 5.10 Å². The molecule has 8 heteroatoms. The lowest BCUT2D eigenvalue weighted by molar-refractivity contribution is -0.124. The summed E-state index contributed by atoms with van der Waals surface area (Å²) in [6.45, 7) is 0.643. The summed E-state index contributed by atoms with van der Waals surface area (Å²) in [7, 11) is 1.63. The van der Waals surface area contributed by atoms with Crippen molar-refractivity contribution in [1.29, 1.82) is 0 Å². The Hall–Kier alpha value is -3.42. The molecule has 2 aliphatic heterocycles. The smallest absolute Gasteiger partial charge is 0.270 e. The van der Waals surface area contributed by atoms with Crippen molar-refractivity contribution in [2.75, 3.05) is 18.7 Å². The van der Waals surface area contributed by atoms with Crippen LogP contribution in [0.1, 0.15) is 24.8 Å². The molecule has 1 fully saturated rings. The van der Waals surface area contributed by atoms with Crippen molar-refractivity contribution >= 4 is 23.2 Å². The predicted molar refractivity (Wildman–Crippen MR) is 115 cm³/mol. The highest BCUT2D eigenvalue weighted by Gasteiger charge is 2.39. The van der Waals surface area contributed by atoms with E-state index >= 15 is 0 Å². The van der Waals surface area contributed by atoms with Crippen molar-refractivity contribution in [3.63, 3.8) is 0 Å². The summed E-state index contributed by atoms with van der Waals surface area (Å²) in [5.41, 5.74) is 7.47. The van der Waals surface area contributed by atoms with E-state index in [4.69, 9.17) is 10.5 Å². The Bertz CT molecular complexity index is 1010. The summed E-state index contributed by atoms with van der Waals surface area (Å²) < 4.78 is 18.6. The van der Waals surface area contributed by atoms with E-state index in [1.54, 1.807) is 7.11 Å². The van der Waals surface area contributed by atoms with Gasteiger partial charge in [0.1, 0.15) is 23.3 Å². The number of hydrazone groups is 1. The summed E-state index contributed by atoms with van der Waals surface area (Å²) in [4.78, 5) is 27.1. The molecule has 0 saturated carbocycles. The van der Waals surface area contributed by atoms with Crippen LogP contribution < -0.4 is 15.5 Å². The lowest BCUT2D eigenvalue weighted by atomic mass is 10.0. The van der Waals surface area contributed by atoms with Gasteiger partial charge in [-0.2, -0.15) is 5.10 Å². The zero-order chi connectivity index (χ0) is 22.0. The lowest BCUT2D eigenvalue weighted by Crippen LogP contribution is -2.42. The largest absolute Gasteiger partial charge is 0.497 e. The molecule has 0 bridgehead atoms. The number of hydrogen-bond acceptors (Lipinski definition) is 5. The quantitative estimate of drug-likeness (QED) is 0.772. The zero-order valence-corrected chi connectivity index (χ0v) is 17.3. The van der Waals surface area contributed by atoms with Crippen molar-refractivity contribution in [2.24, 2.45) is 10.8 Å². The minimum Gasteiger partial charge on any atom is -0.497 e. The summed E-state index contributed by atoms with van der Waals surface area (Å²) in [5, 5.41) is 5.84. The van der Waals surface area contributed by atoms with Gasteiger partial charge in [0.05, 0.1) is 12.8 Å². The van der Waals surface area contributed by atoms with Gasteiger partial charge in [0, 0.05) is 19.0 Å². The van der Waals surface area contributed by atoms with Crippen LogP contribution in [0, 0.1) is 5.82 Å². The number of methoxy groups -OCH3 is 1. The van der Waals surface area contributed by atoms with Crippen LogP contribution in [0.25, 0.3) is 0 Å². The Morgan fingerprint density at radius 3 is 2.71 bits per heavy atom. The molecule has 0 aliphatic carbocycles. The Balaban J connectivity index is 1.53. The molecule has 31 heavy (non-hydrogen) atoms. The number of benzene rings is 2. The van der Waals surface area contributed by atoms with Gasteiger partial charge in [-0.05, 0) is 61.2 Å². The van der Waals surface area contributed by atoms with Gasteiger partial charge in [-0.3, -0.25) is 14.6 Å². The van der Waals surface area contributed by atoms with Crippen molar-refractivity contribution in [3.05, 3.63) is 59.9 Å². The molecular formula is C23H25FN4O3. The molecule has 1 saturated heterocycles. The Morgan fingerprint density at radius 2 is 2.00 bits per heavy atom. The first kappa shape index (κ1) is 20.8. The van der Waals surface area contributed by atoms with Crippen LogP contribution in [0.4, 0.5) is 10.1 Å². The molecule has 4 rings (SSSR count). The van der Waals surface area contributed by atoms with Gasteiger partial charge in [0.25, 0.3) is 5.91 Å². The van der Waals surface area contributed by atoms with Gasteiger partial charge in [-0.25, -0.2) is 4.39 Å². The van der Waals surface area contributed by atoms with Crippen LogP contribution in [-0.2, 0) is 16.0 Å². The number of anilines is 1. The van der Waals surface area contributed by atoms with Crippen molar-refractivity contribution in [3.8, 4) is 5.75 Å². The molecule has 2 amide bonds. The van der Waals surface area contributed by atoms with Crippen LogP contribution in [0.5, 0.6) is 5.75 Å². The average molecular weight is 424 g/mol. The molecule has 2 aromatic carbocycles. The van der Waals surface area contributed by atoms with E-state index in [-0.39, 0.29) is 18.4 Å². The fourth-order valence-electron chi connectivity index (χ4n) is 4.25. The number of primary amides is 1. The molecule has 2 aromatic rings. The van der Waals surface area contributed by atoms with Gasteiger partial charge in [0.15, 0.2) is 0 Å². The fraction of sp³-hybridized carbons (Fsp3) is 0.348. The Labute approximate surface area is 180 Å². The van der Waals surface area contributed by atoms with Crippen LogP contribution >= 0.6 is 0 Å². The third-order valence-corrected chi connectivity index (χ3v) is 5.82. The first-order valence-corrected chi connectivity index (χ1v) is 10.3. The lowest BCUT2D eigenvalue weighted by Gasteiger charge is -2.24. The highest BCUT2D eigenvalue weighted by atomic mass is 19.1. The molecule has 0 radical (unpaired) electrons. The maximum atomic E-state index is 13.3. The van der Waals surface area contributed by atoms with Gasteiger partial charge >= 0.3 is 0 Å². The molecular weight excluding hydrogens is 399 g/mol. The Morgan fingerprint density at radius 1 is 1.23 bits per heavy atom. The van der Waals surface area contributed by atoms with Crippen molar-refractivity contribution < 1.29 is 18.7 Å². The van der Waals surface area contributed by atoms with E-state index in [1.165, 1.54) is 29.3 Å². The molecule has 0 aromatic heterocycles. The zero-order valence-electron chi connectivity index (χ0n) is 17.3.